The Labute approximate surface area is 104 Å². The largest absolute Gasteiger partial charge is 0.307 e. The molecule has 0 saturated carbocycles. The molecule has 2 N–H and O–H groups in total. The number of aromatic amines is 1. The fraction of sp³-hybridized carbons (Fsp3) is 0.167. The summed E-state index contributed by atoms with van der Waals surface area (Å²) in [4.78, 5) is 12.0. The Balaban J connectivity index is 2.23. The normalized spacial score (nSPS) is 10.3. The lowest BCUT2D eigenvalue weighted by Gasteiger charge is -2.05. The van der Waals surface area contributed by atoms with Gasteiger partial charge >= 0.3 is 0 Å². The van der Waals surface area contributed by atoms with E-state index >= 15 is 0 Å². The van der Waals surface area contributed by atoms with E-state index in [0.29, 0.717) is 16.4 Å². The zero-order valence-corrected chi connectivity index (χ0v) is 10.3. The molecule has 0 saturated heterocycles. The number of aromatic nitrogens is 2. The molecule has 88 valence electrons. The Hall–Kier alpha value is -1.81. The van der Waals surface area contributed by atoms with Crippen LogP contribution in [0.5, 0.6) is 0 Å². The van der Waals surface area contributed by atoms with Crippen molar-refractivity contribution in [1.82, 2.24) is 10.2 Å². The minimum absolute atomic E-state index is 0.206. The third-order valence-electron chi connectivity index (χ3n) is 2.37. The Bertz CT molecular complexity index is 542. The van der Waals surface area contributed by atoms with E-state index in [1.165, 1.54) is 0 Å². The molecule has 0 spiro atoms. The number of benzene rings is 1. The molecule has 4 nitrogen and oxygen atoms in total. The van der Waals surface area contributed by atoms with Crippen molar-refractivity contribution in [2.45, 2.75) is 13.8 Å². The molecule has 1 amide bonds. The monoisotopic (exact) mass is 249 g/mol. The number of halogens is 1. The van der Waals surface area contributed by atoms with E-state index in [0.717, 1.165) is 11.1 Å². The second-order valence-corrected chi connectivity index (χ2v) is 4.34. The second-order valence-electron chi connectivity index (χ2n) is 3.90. The summed E-state index contributed by atoms with van der Waals surface area (Å²) in [7, 11) is 0. The van der Waals surface area contributed by atoms with Crippen LogP contribution in [0, 0.1) is 13.8 Å². The summed E-state index contributed by atoms with van der Waals surface area (Å²) in [5, 5.41) is 9.86. The highest BCUT2D eigenvalue weighted by molar-refractivity contribution is 6.31. The highest BCUT2D eigenvalue weighted by Gasteiger charge is 2.09. The maximum absolute atomic E-state index is 12.0. The van der Waals surface area contributed by atoms with Crippen LogP contribution in [0.25, 0.3) is 0 Å². The number of aryl methyl sites for hydroxylation is 2. The molecular weight excluding hydrogens is 238 g/mol. The number of anilines is 1. The number of nitrogens with zero attached hydrogens (tertiary/aromatic N) is 1. The fourth-order valence-corrected chi connectivity index (χ4v) is 1.82. The molecule has 1 aromatic carbocycles. The molecule has 0 bridgehead atoms. The number of carbonyl (C=O) groups is 1. The van der Waals surface area contributed by atoms with Gasteiger partial charge in [0.1, 0.15) is 5.82 Å². The minimum atomic E-state index is -0.206. The van der Waals surface area contributed by atoms with Crippen molar-refractivity contribution in [3.05, 3.63) is 46.1 Å². The van der Waals surface area contributed by atoms with E-state index in [1.807, 2.05) is 13.8 Å². The molecule has 2 aromatic rings. The molecule has 5 heteroatoms. The van der Waals surface area contributed by atoms with Crippen molar-refractivity contribution < 1.29 is 4.79 Å². The molecule has 0 aliphatic rings. The summed E-state index contributed by atoms with van der Waals surface area (Å²) >= 11 is 5.91. The first-order chi connectivity index (χ1) is 8.06. The van der Waals surface area contributed by atoms with Gasteiger partial charge in [0.2, 0.25) is 0 Å². The van der Waals surface area contributed by atoms with Crippen LogP contribution in [-0.2, 0) is 0 Å². The summed E-state index contributed by atoms with van der Waals surface area (Å²) in [6.45, 7) is 3.76. The van der Waals surface area contributed by atoms with Crippen LogP contribution < -0.4 is 5.32 Å². The molecule has 0 radical (unpaired) electrons. The van der Waals surface area contributed by atoms with Crippen molar-refractivity contribution in [3.8, 4) is 0 Å². The highest BCUT2D eigenvalue weighted by atomic mass is 35.5. The van der Waals surface area contributed by atoms with Gasteiger partial charge in [-0.1, -0.05) is 11.6 Å². The summed E-state index contributed by atoms with van der Waals surface area (Å²) < 4.78 is 0. The number of carbonyl (C=O) groups excluding carboxylic acids is 1. The smallest absolute Gasteiger partial charge is 0.256 e. The predicted molar refractivity (Wildman–Crippen MR) is 67.5 cm³/mol. The summed E-state index contributed by atoms with van der Waals surface area (Å²) in [5.74, 6) is 0.399. The minimum Gasteiger partial charge on any atom is -0.307 e. The molecule has 0 fully saturated rings. The predicted octanol–water partition coefficient (Wildman–Crippen LogP) is 2.93. The van der Waals surface area contributed by atoms with Crippen molar-refractivity contribution in [2.75, 3.05) is 5.32 Å². The van der Waals surface area contributed by atoms with Crippen LogP contribution in [0.1, 0.15) is 21.5 Å². The lowest BCUT2D eigenvalue weighted by molar-refractivity contribution is 0.102. The van der Waals surface area contributed by atoms with E-state index in [9.17, 15) is 4.79 Å². The topological polar surface area (TPSA) is 57.8 Å². The third kappa shape index (κ3) is 2.65. The molecule has 1 heterocycles. The Morgan fingerprint density at radius 1 is 1.35 bits per heavy atom. The maximum Gasteiger partial charge on any atom is 0.256 e. The fourth-order valence-electron chi connectivity index (χ4n) is 1.53. The summed E-state index contributed by atoms with van der Waals surface area (Å²) in [6.07, 6.45) is 1.65. The van der Waals surface area contributed by atoms with Crippen LogP contribution in [0.3, 0.4) is 0 Å². The summed E-state index contributed by atoms with van der Waals surface area (Å²) in [5.41, 5.74) is 2.37. The van der Waals surface area contributed by atoms with Crippen molar-refractivity contribution in [3.63, 3.8) is 0 Å². The van der Waals surface area contributed by atoms with Gasteiger partial charge in [-0.3, -0.25) is 9.89 Å². The Morgan fingerprint density at radius 2 is 2.12 bits per heavy atom. The quantitative estimate of drug-likeness (QED) is 0.860. The molecule has 0 unspecified atom stereocenters. The average Bonchev–Trinajstić information content (AvgIpc) is 2.63. The molecule has 0 aliphatic heterocycles. The highest BCUT2D eigenvalue weighted by Crippen LogP contribution is 2.16. The zero-order chi connectivity index (χ0) is 12.4. The summed E-state index contributed by atoms with van der Waals surface area (Å²) in [6, 6.07) is 5.22. The molecule has 0 atom stereocenters. The van der Waals surface area contributed by atoms with Crippen molar-refractivity contribution in [2.24, 2.45) is 0 Å². The van der Waals surface area contributed by atoms with Gasteiger partial charge in [0.15, 0.2) is 0 Å². The van der Waals surface area contributed by atoms with Gasteiger partial charge in [0.05, 0.1) is 6.20 Å². The molecular formula is C12H12ClN3O. The standard InChI is InChI=1S/C12H12ClN3O/c1-7-3-9(5-10(13)4-7)12(17)15-11-8(2)6-14-16-11/h3-6H,1-2H3,(H2,14,15,16,17). The Kier molecular flexibility index (Phi) is 3.15. The van der Waals surface area contributed by atoms with Crippen LogP contribution in [0.2, 0.25) is 5.02 Å². The number of nitrogens with one attached hydrogen (secondary N) is 2. The van der Waals surface area contributed by atoms with Gasteiger partial charge in [0, 0.05) is 16.1 Å². The number of amides is 1. The van der Waals surface area contributed by atoms with E-state index in [1.54, 1.807) is 24.4 Å². The third-order valence-corrected chi connectivity index (χ3v) is 2.59. The van der Waals surface area contributed by atoms with Gasteiger partial charge in [0.25, 0.3) is 5.91 Å². The van der Waals surface area contributed by atoms with Gasteiger partial charge in [-0.05, 0) is 37.6 Å². The van der Waals surface area contributed by atoms with Crippen LogP contribution in [0.15, 0.2) is 24.4 Å². The van der Waals surface area contributed by atoms with Gasteiger partial charge in [-0.2, -0.15) is 5.10 Å². The van der Waals surface area contributed by atoms with Crippen LogP contribution in [0.4, 0.5) is 5.82 Å². The van der Waals surface area contributed by atoms with Gasteiger partial charge in [-0.25, -0.2) is 0 Å². The lowest BCUT2D eigenvalue weighted by atomic mass is 10.1. The molecule has 17 heavy (non-hydrogen) atoms. The second kappa shape index (κ2) is 4.59. The van der Waals surface area contributed by atoms with Crippen molar-refractivity contribution in [1.29, 1.82) is 0 Å². The van der Waals surface area contributed by atoms with E-state index < -0.39 is 0 Å². The van der Waals surface area contributed by atoms with E-state index in [-0.39, 0.29) is 5.91 Å². The molecule has 1 aromatic heterocycles. The first-order valence-electron chi connectivity index (χ1n) is 5.15. The number of H-pyrrole nitrogens is 1. The van der Waals surface area contributed by atoms with Gasteiger partial charge in [-0.15, -0.1) is 0 Å². The number of hydrogen-bond acceptors (Lipinski definition) is 2. The molecule has 0 aliphatic carbocycles. The first kappa shape index (κ1) is 11.7. The molecule has 2 rings (SSSR count). The van der Waals surface area contributed by atoms with Crippen molar-refractivity contribution >= 4 is 23.3 Å². The average molecular weight is 250 g/mol. The number of hydrogen-bond donors (Lipinski definition) is 2. The SMILES string of the molecule is Cc1cc(Cl)cc(C(=O)Nc2[nH]ncc2C)c1. The van der Waals surface area contributed by atoms with E-state index in [4.69, 9.17) is 11.6 Å². The Morgan fingerprint density at radius 3 is 2.71 bits per heavy atom. The first-order valence-corrected chi connectivity index (χ1v) is 5.52. The lowest BCUT2D eigenvalue weighted by Crippen LogP contribution is -2.13. The maximum atomic E-state index is 12.0. The van der Waals surface area contributed by atoms with Crippen LogP contribution >= 0.6 is 11.6 Å². The number of rotatable bonds is 2. The van der Waals surface area contributed by atoms with Gasteiger partial charge < -0.3 is 5.32 Å². The van der Waals surface area contributed by atoms with Crippen LogP contribution in [-0.4, -0.2) is 16.1 Å². The van der Waals surface area contributed by atoms with E-state index in [2.05, 4.69) is 15.5 Å². The zero-order valence-electron chi connectivity index (χ0n) is 9.54.